The molecule has 0 bridgehead atoms. The largest absolute Gasteiger partial charge is 0.425 e. The first-order valence-electron chi connectivity index (χ1n) is 7.73. The average molecular weight is 369 g/mol. The minimum atomic E-state index is 0.560. The van der Waals surface area contributed by atoms with Gasteiger partial charge in [0.25, 0.3) is 0 Å². The van der Waals surface area contributed by atoms with E-state index < -0.39 is 0 Å². The summed E-state index contributed by atoms with van der Waals surface area (Å²) in [6.45, 7) is 1.78. The molecule has 25 heavy (non-hydrogen) atoms. The maximum Gasteiger partial charge on any atom is 0.226 e. The van der Waals surface area contributed by atoms with Crippen molar-refractivity contribution in [3.05, 3.63) is 70.3 Å². The van der Waals surface area contributed by atoms with Crippen LogP contribution in [0, 0.1) is 6.92 Å². The highest BCUT2D eigenvalue weighted by atomic mass is 32.2. The molecular formula is C17H15N5OS2. The number of aryl methyl sites for hydroxylation is 1. The molecule has 3 heterocycles. The number of para-hydroxylation sites is 1. The van der Waals surface area contributed by atoms with Crippen molar-refractivity contribution in [1.82, 2.24) is 25.0 Å². The van der Waals surface area contributed by atoms with Crippen LogP contribution in [0.4, 0.5) is 0 Å². The molecule has 0 spiro atoms. The first kappa shape index (κ1) is 16.0. The Hall–Kier alpha value is -2.45. The topological polar surface area (TPSA) is 69.6 Å². The summed E-state index contributed by atoms with van der Waals surface area (Å²) in [5.41, 5.74) is 1.04. The number of hydrogen-bond donors (Lipinski definition) is 0. The fourth-order valence-electron chi connectivity index (χ4n) is 2.44. The molecule has 6 nitrogen and oxygen atoms in total. The fourth-order valence-corrected chi connectivity index (χ4v) is 3.94. The van der Waals surface area contributed by atoms with E-state index in [1.165, 1.54) is 16.6 Å². The summed E-state index contributed by atoms with van der Waals surface area (Å²) in [4.78, 5) is 1.26. The van der Waals surface area contributed by atoms with Crippen LogP contribution in [0.1, 0.15) is 22.5 Å². The number of hydrogen-bond acceptors (Lipinski definition) is 7. The van der Waals surface area contributed by atoms with Crippen molar-refractivity contribution < 1.29 is 4.42 Å². The van der Waals surface area contributed by atoms with E-state index >= 15 is 0 Å². The fraction of sp³-hybridized carbons (Fsp3) is 0.176. The van der Waals surface area contributed by atoms with E-state index in [1.807, 2.05) is 18.2 Å². The zero-order valence-electron chi connectivity index (χ0n) is 13.5. The van der Waals surface area contributed by atoms with Crippen molar-refractivity contribution in [3.63, 3.8) is 0 Å². The lowest BCUT2D eigenvalue weighted by Crippen LogP contribution is -2.03. The molecule has 0 aliphatic rings. The Morgan fingerprint density at radius 3 is 2.64 bits per heavy atom. The number of nitrogens with zero attached hydrogens (tertiary/aromatic N) is 5. The highest BCUT2D eigenvalue weighted by molar-refractivity contribution is 7.98. The van der Waals surface area contributed by atoms with Crippen LogP contribution < -0.4 is 0 Å². The minimum Gasteiger partial charge on any atom is -0.425 e. The number of rotatable bonds is 6. The van der Waals surface area contributed by atoms with E-state index in [0.717, 1.165) is 23.1 Å². The second kappa shape index (κ2) is 7.20. The number of thiophene rings is 1. The summed E-state index contributed by atoms with van der Waals surface area (Å²) >= 11 is 3.26. The van der Waals surface area contributed by atoms with Crippen LogP contribution in [-0.4, -0.2) is 25.0 Å². The van der Waals surface area contributed by atoms with E-state index in [2.05, 4.69) is 54.6 Å². The minimum absolute atomic E-state index is 0.560. The molecule has 0 amide bonds. The van der Waals surface area contributed by atoms with Crippen LogP contribution in [0.3, 0.4) is 0 Å². The molecule has 0 saturated carbocycles. The van der Waals surface area contributed by atoms with Gasteiger partial charge in [-0.1, -0.05) is 36.0 Å². The van der Waals surface area contributed by atoms with Gasteiger partial charge >= 0.3 is 0 Å². The predicted molar refractivity (Wildman–Crippen MR) is 97.1 cm³/mol. The average Bonchev–Trinajstić information content (AvgIpc) is 3.36. The molecule has 0 radical (unpaired) electrons. The van der Waals surface area contributed by atoms with Crippen LogP contribution in [0.5, 0.6) is 0 Å². The Labute approximate surface area is 152 Å². The van der Waals surface area contributed by atoms with Gasteiger partial charge in [0.1, 0.15) is 5.82 Å². The molecule has 0 aliphatic heterocycles. The maximum atomic E-state index is 5.44. The smallest absolute Gasteiger partial charge is 0.226 e. The quantitative estimate of drug-likeness (QED) is 0.480. The lowest BCUT2D eigenvalue weighted by atomic mass is 10.3. The van der Waals surface area contributed by atoms with Gasteiger partial charge < -0.3 is 4.42 Å². The van der Waals surface area contributed by atoms with Gasteiger partial charge in [-0.25, -0.2) is 0 Å². The summed E-state index contributed by atoms with van der Waals surface area (Å²) in [5.74, 6) is 2.63. The van der Waals surface area contributed by atoms with Gasteiger partial charge in [-0.15, -0.1) is 31.7 Å². The summed E-state index contributed by atoms with van der Waals surface area (Å²) in [6, 6.07) is 14.3. The van der Waals surface area contributed by atoms with E-state index in [9.17, 15) is 0 Å². The van der Waals surface area contributed by atoms with Gasteiger partial charge in [-0.05, 0) is 23.6 Å². The van der Waals surface area contributed by atoms with Crippen LogP contribution in [0.15, 0.2) is 57.4 Å². The summed E-state index contributed by atoms with van der Waals surface area (Å²) < 4.78 is 7.53. The van der Waals surface area contributed by atoms with Crippen LogP contribution in [-0.2, 0) is 12.2 Å². The van der Waals surface area contributed by atoms with Crippen molar-refractivity contribution in [2.24, 2.45) is 0 Å². The highest BCUT2D eigenvalue weighted by Gasteiger charge is 2.16. The molecule has 0 atom stereocenters. The zero-order chi connectivity index (χ0) is 17.1. The number of thioether (sulfide) groups is 1. The van der Waals surface area contributed by atoms with E-state index in [0.29, 0.717) is 17.5 Å². The van der Waals surface area contributed by atoms with Gasteiger partial charge in [-0.2, -0.15) is 0 Å². The second-order valence-electron chi connectivity index (χ2n) is 5.33. The second-order valence-corrected chi connectivity index (χ2v) is 7.30. The molecule has 0 saturated heterocycles. The Kier molecular flexibility index (Phi) is 4.62. The molecule has 8 heteroatoms. The molecule has 3 aromatic heterocycles. The van der Waals surface area contributed by atoms with Crippen molar-refractivity contribution >= 4 is 23.1 Å². The van der Waals surface area contributed by atoms with E-state index in [1.54, 1.807) is 18.3 Å². The van der Waals surface area contributed by atoms with Gasteiger partial charge in [0, 0.05) is 23.9 Å². The molecule has 0 N–H and O–H groups in total. The van der Waals surface area contributed by atoms with Crippen LogP contribution >= 0.6 is 23.1 Å². The summed E-state index contributed by atoms with van der Waals surface area (Å²) in [7, 11) is 0. The van der Waals surface area contributed by atoms with Crippen molar-refractivity contribution in [1.29, 1.82) is 0 Å². The van der Waals surface area contributed by atoms with Crippen LogP contribution in [0.2, 0.25) is 0 Å². The third-order valence-corrected chi connectivity index (χ3v) is 5.31. The maximum absolute atomic E-state index is 5.44. The SMILES string of the molecule is Cc1nnc(CSc2nnc(Cc3cccs3)n2-c2ccccc2)o1. The first-order chi connectivity index (χ1) is 12.3. The molecule has 1 aromatic carbocycles. The molecule has 0 unspecified atom stereocenters. The van der Waals surface area contributed by atoms with E-state index in [4.69, 9.17) is 4.42 Å². The summed E-state index contributed by atoms with van der Waals surface area (Å²) in [6.07, 6.45) is 0.750. The molecular weight excluding hydrogens is 354 g/mol. The van der Waals surface area contributed by atoms with Crippen molar-refractivity contribution in [2.75, 3.05) is 0 Å². The van der Waals surface area contributed by atoms with Gasteiger partial charge in [0.15, 0.2) is 5.16 Å². The first-order valence-corrected chi connectivity index (χ1v) is 9.60. The number of benzene rings is 1. The normalized spacial score (nSPS) is 11.1. The zero-order valence-corrected chi connectivity index (χ0v) is 15.1. The van der Waals surface area contributed by atoms with Gasteiger partial charge in [-0.3, -0.25) is 4.57 Å². The van der Waals surface area contributed by atoms with Crippen LogP contribution in [0.25, 0.3) is 5.69 Å². The van der Waals surface area contributed by atoms with Gasteiger partial charge in [0.2, 0.25) is 11.8 Å². The highest BCUT2D eigenvalue weighted by Crippen LogP contribution is 2.26. The van der Waals surface area contributed by atoms with Crippen molar-refractivity contribution in [2.45, 2.75) is 24.3 Å². The summed E-state index contributed by atoms with van der Waals surface area (Å²) in [5, 5.41) is 19.6. The third kappa shape index (κ3) is 3.64. The Morgan fingerprint density at radius 1 is 1.04 bits per heavy atom. The Morgan fingerprint density at radius 2 is 1.92 bits per heavy atom. The molecule has 126 valence electrons. The monoisotopic (exact) mass is 369 g/mol. The molecule has 4 aromatic rings. The van der Waals surface area contributed by atoms with Crippen molar-refractivity contribution in [3.8, 4) is 5.69 Å². The molecule has 0 fully saturated rings. The number of aromatic nitrogens is 5. The molecule has 0 aliphatic carbocycles. The Balaban J connectivity index is 1.65. The van der Waals surface area contributed by atoms with E-state index in [-0.39, 0.29) is 0 Å². The molecule has 4 rings (SSSR count). The standard InChI is InChI=1S/C17H15N5OS2/c1-12-18-20-16(23-12)11-25-17-21-19-15(10-14-8-5-9-24-14)22(17)13-6-3-2-4-7-13/h2-9H,10-11H2,1H3. The lowest BCUT2D eigenvalue weighted by molar-refractivity contribution is 0.485. The lowest BCUT2D eigenvalue weighted by Gasteiger charge is -2.09. The third-order valence-electron chi connectivity index (χ3n) is 3.52. The Bertz CT molecular complexity index is 947. The predicted octanol–water partition coefficient (Wildman–Crippen LogP) is 3.90. The van der Waals surface area contributed by atoms with Gasteiger partial charge in [0.05, 0.1) is 5.75 Å².